The zero-order valence-corrected chi connectivity index (χ0v) is 7.96. The van der Waals surface area contributed by atoms with E-state index in [0.717, 1.165) is 6.04 Å². The fraction of sp³-hybridized carbons (Fsp3) is 1.00. The van der Waals surface area contributed by atoms with Crippen molar-refractivity contribution in [1.29, 1.82) is 0 Å². The van der Waals surface area contributed by atoms with Gasteiger partial charge in [-0.25, -0.2) is 0 Å². The Hall–Kier alpha value is -0.0800. The number of piperidine rings is 1. The highest BCUT2D eigenvalue weighted by Gasteiger charge is 2.29. The Balaban J connectivity index is 1.81. The molecule has 0 spiro atoms. The van der Waals surface area contributed by atoms with Crippen molar-refractivity contribution < 1.29 is 4.74 Å². The Morgan fingerprint density at radius 1 is 1.17 bits per heavy atom. The van der Waals surface area contributed by atoms with E-state index in [-0.39, 0.29) is 0 Å². The van der Waals surface area contributed by atoms with Crippen LogP contribution >= 0.6 is 0 Å². The molecule has 2 aliphatic rings. The van der Waals surface area contributed by atoms with Crippen LogP contribution in [0.2, 0.25) is 0 Å². The molecule has 1 atom stereocenters. The van der Waals surface area contributed by atoms with Crippen LogP contribution < -0.4 is 0 Å². The van der Waals surface area contributed by atoms with Gasteiger partial charge in [0.25, 0.3) is 0 Å². The van der Waals surface area contributed by atoms with Gasteiger partial charge in [0.05, 0.1) is 6.10 Å². The molecule has 1 saturated heterocycles. The number of hydrogen-bond acceptors (Lipinski definition) is 2. The van der Waals surface area contributed by atoms with Crippen LogP contribution in [0.5, 0.6) is 0 Å². The average Bonchev–Trinajstić information content (AvgIpc) is 2.02. The van der Waals surface area contributed by atoms with Crippen molar-refractivity contribution in [3.8, 4) is 0 Å². The number of rotatable bonds is 2. The summed E-state index contributed by atoms with van der Waals surface area (Å²) in [5.41, 5.74) is 0. The lowest BCUT2D eigenvalue weighted by Gasteiger charge is -2.41. The van der Waals surface area contributed by atoms with E-state index in [0.29, 0.717) is 6.10 Å². The third-order valence-corrected chi connectivity index (χ3v) is 3.33. The second-order valence-corrected chi connectivity index (χ2v) is 4.08. The topological polar surface area (TPSA) is 12.5 Å². The van der Waals surface area contributed by atoms with Gasteiger partial charge < -0.3 is 4.74 Å². The lowest BCUT2D eigenvalue weighted by Crippen LogP contribution is -2.47. The van der Waals surface area contributed by atoms with Crippen molar-refractivity contribution in [3.05, 3.63) is 0 Å². The number of ether oxygens (including phenoxy) is 1. The van der Waals surface area contributed by atoms with Gasteiger partial charge in [-0.1, -0.05) is 6.42 Å². The van der Waals surface area contributed by atoms with E-state index >= 15 is 0 Å². The maximum absolute atomic E-state index is 5.40. The second-order valence-electron chi connectivity index (χ2n) is 4.08. The first-order valence-corrected chi connectivity index (χ1v) is 5.17. The maximum atomic E-state index is 5.40. The van der Waals surface area contributed by atoms with E-state index in [1.165, 1.54) is 45.2 Å². The SMILES string of the molecule is COC1CCCN(C2CCC2)C1. The molecule has 2 nitrogen and oxygen atoms in total. The summed E-state index contributed by atoms with van der Waals surface area (Å²) in [6, 6.07) is 0.906. The van der Waals surface area contributed by atoms with Crippen molar-refractivity contribution in [2.75, 3.05) is 20.2 Å². The minimum Gasteiger partial charge on any atom is -0.380 e. The minimum atomic E-state index is 0.513. The molecule has 0 aromatic heterocycles. The molecule has 1 heterocycles. The quantitative estimate of drug-likeness (QED) is 0.623. The summed E-state index contributed by atoms with van der Waals surface area (Å²) in [6.45, 7) is 2.49. The Morgan fingerprint density at radius 3 is 2.58 bits per heavy atom. The van der Waals surface area contributed by atoms with Crippen LogP contribution in [-0.4, -0.2) is 37.2 Å². The van der Waals surface area contributed by atoms with Crippen LogP contribution in [0.25, 0.3) is 0 Å². The van der Waals surface area contributed by atoms with Crippen LogP contribution in [0.4, 0.5) is 0 Å². The lowest BCUT2D eigenvalue weighted by atomic mass is 9.90. The van der Waals surface area contributed by atoms with Crippen LogP contribution in [0.15, 0.2) is 0 Å². The maximum Gasteiger partial charge on any atom is 0.0698 e. The van der Waals surface area contributed by atoms with Crippen molar-refractivity contribution in [2.45, 2.75) is 44.2 Å². The van der Waals surface area contributed by atoms with Crippen LogP contribution in [0.3, 0.4) is 0 Å². The Kier molecular flexibility index (Phi) is 2.66. The molecule has 0 bridgehead atoms. The summed E-state index contributed by atoms with van der Waals surface area (Å²) in [7, 11) is 1.84. The number of methoxy groups -OCH3 is 1. The standard InChI is InChI=1S/C10H19NO/c1-12-10-6-3-7-11(8-10)9-4-2-5-9/h9-10H,2-8H2,1H3. The number of nitrogens with zero attached hydrogens (tertiary/aromatic N) is 1. The number of hydrogen-bond donors (Lipinski definition) is 0. The molecule has 12 heavy (non-hydrogen) atoms. The van der Waals surface area contributed by atoms with Gasteiger partial charge in [-0.05, 0) is 32.2 Å². The van der Waals surface area contributed by atoms with E-state index < -0.39 is 0 Å². The van der Waals surface area contributed by atoms with Gasteiger partial charge in [0.2, 0.25) is 0 Å². The van der Waals surface area contributed by atoms with Gasteiger partial charge in [0.1, 0.15) is 0 Å². The van der Waals surface area contributed by atoms with Gasteiger partial charge in [-0.3, -0.25) is 4.90 Å². The minimum absolute atomic E-state index is 0.513. The fourth-order valence-corrected chi connectivity index (χ4v) is 2.24. The van der Waals surface area contributed by atoms with Crippen LogP contribution in [-0.2, 0) is 4.74 Å². The van der Waals surface area contributed by atoms with Crippen molar-refractivity contribution in [2.24, 2.45) is 0 Å². The molecular weight excluding hydrogens is 150 g/mol. The molecule has 0 N–H and O–H groups in total. The third kappa shape index (κ3) is 1.64. The average molecular weight is 169 g/mol. The summed E-state index contributed by atoms with van der Waals surface area (Å²) >= 11 is 0. The first kappa shape index (κ1) is 8.52. The molecule has 1 unspecified atom stereocenters. The first-order valence-electron chi connectivity index (χ1n) is 5.17. The molecular formula is C10H19NO. The molecule has 1 aliphatic heterocycles. The van der Waals surface area contributed by atoms with E-state index in [2.05, 4.69) is 4.90 Å². The Morgan fingerprint density at radius 2 is 2.00 bits per heavy atom. The fourth-order valence-electron chi connectivity index (χ4n) is 2.24. The monoisotopic (exact) mass is 169 g/mol. The second kappa shape index (κ2) is 3.75. The smallest absolute Gasteiger partial charge is 0.0698 e. The van der Waals surface area contributed by atoms with Gasteiger partial charge in [0.15, 0.2) is 0 Å². The van der Waals surface area contributed by atoms with Crippen LogP contribution in [0, 0.1) is 0 Å². The summed E-state index contributed by atoms with van der Waals surface area (Å²) in [6.07, 6.45) is 7.40. The molecule has 2 heteroatoms. The molecule has 0 radical (unpaired) electrons. The Labute approximate surface area is 74.9 Å². The van der Waals surface area contributed by atoms with Gasteiger partial charge in [0, 0.05) is 19.7 Å². The largest absolute Gasteiger partial charge is 0.380 e. The lowest BCUT2D eigenvalue weighted by molar-refractivity contribution is -0.001000. The zero-order chi connectivity index (χ0) is 8.39. The zero-order valence-electron chi connectivity index (χ0n) is 7.96. The molecule has 0 amide bonds. The highest BCUT2D eigenvalue weighted by molar-refractivity contribution is 4.84. The highest BCUT2D eigenvalue weighted by Crippen LogP contribution is 2.27. The van der Waals surface area contributed by atoms with Gasteiger partial charge >= 0.3 is 0 Å². The predicted molar refractivity (Wildman–Crippen MR) is 49.2 cm³/mol. The number of likely N-dealkylation sites (tertiary alicyclic amines) is 1. The van der Waals surface area contributed by atoms with Crippen molar-refractivity contribution in [3.63, 3.8) is 0 Å². The molecule has 70 valence electrons. The van der Waals surface area contributed by atoms with E-state index in [1.54, 1.807) is 0 Å². The highest BCUT2D eigenvalue weighted by atomic mass is 16.5. The normalized spacial score (nSPS) is 33.2. The summed E-state index contributed by atoms with van der Waals surface area (Å²) in [4.78, 5) is 2.63. The molecule has 1 saturated carbocycles. The summed E-state index contributed by atoms with van der Waals surface area (Å²) in [5, 5.41) is 0. The molecule has 0 aromatic rings. The first-order chi connectivity index (χ1) is 5.90. The van der Waals surface area contributed by atoms with Crippen LogP contribution in [0.1, 0.15) is 32.1 Å². The molecule has 2 fully saturated rings. The van der Waals surface area contributed by atoms with Gasteiger partial charge in [-0.2, -0.15) is 0 Å². The predicted octanol–water partition coefficient (Wildman–Crippen LogP) is 1.65. The third-order valence-electron chi connectivity index (χ3n) is 3.33. The Bertz CT molecular complexity index is 145. The molecule has 0 aromatic carbocycles. The summed E-state index contributed by atoms with van der Waals surface area (Å²) in [5.74, 6) is 0. The van der Waals surface area contributed by atoms with Gasteiger partial charge in [-0.15, -0.1) is 0 Å². The summed E-state index contributed by atoms with van der Waals surface area (Å²) < 4.78 is 5.40. The van der Waals surface area contributed by atoms with E-state index in [9.17, 15) is 0 Å². The van der Waals surface area contributed by atoms with E-state index in [1.807, 2.05) is 7.11 Å². The van der Waals surface area contributed by atoms with Crippen molar-refractivity contribution in [1.82, 2.24) is 4.90 Å². The molecule has 1 aliphatic carbocycles. The molecule has 2 rings (SSSR count). The van der Waals surface area contributed by atoms with Crippen molar-refractivity contribution >= 4 is 0 Å². The van der Waals surface area contributed by atoms with E-state index in [4.69, 9.17) is 4.74 Å².